The van der Waals surface area contributed by atoms with Gasteiger partial charge >= 0.3 is 0 Å². The number of piperazine rings is 1. The predicted molar refractivity (Wildman–Crippen MR) is 129 cm³/mol. The van der Waals surface area contributed by atoms with Crippen molar-refractivity contribution in [2.45, 2.75) is 18.9 Å². The molecule has 2 aliphatic heterocycles. The summed E-state index contributed by atoms with van der Waals surface area (Å²) in [4.78, 5) is 17.5. The van der Waals surface area contributed by atoms with Crippen LogP contribution in [-0.2, 0) is 9.53 Å². The van der Waals surface area contributed by atoms with Gasteiger partial charge in [0.05, 0.1) is 22.6 Å². The first kappa shape index (κ1) is 20.7. The van der Waals surface area contributed by atoms with Gasteiger partial charge in [-0.25, -0.2) is 0 Å². The molecule has 3 aromatic rings. The van der Waals surface area contributed by atoms with Gasteiger partial charge in [0.25, 0.3) is 5.91 Å². The third kappa shape index (κ3) is 4.40. The number of ether oxygens (including phenoxy) is 1. The van der Waals surface area contributed by atoms with E-state index in [1.165, 1.54) is 0 Å². The number of hydrogen-bond donors (Lipinski definition) is 2. The smallest absolute Gasteiger partial charge is 0.253 e. The van der Waals surface area contributed by atoms with E-state index in [0.29, 0.717) is 6.61 Å². The number of fused-ring (bicyclic) bond motifs is 1. The fraction of sp³-hybridized carbons (Fsp3) is 0.360. The summed E-state index contributed by atoms with van der Waals surface area (Å²) < 4.78 is 5.61. The van der Waals surface area contributed by atoms with Gasteiger partial charge in [0, 0.05) is 38.2 Å². The highest BCUT2D eigenvalue weighted by molar-refractivity contribution is 6.02. The van der Waals surface area contributed by atoms with Crippen LogP contribution in [0.15, 0.2) is 42.5 Å². The van der Waals surface area contributed by atoms with Crippen molar-refractivity contribution >= 4 is 40.3 Å². The monoisotopic (exact) mass is 431 g/mol. The number of carbonyl (C=O) groups is 1. The number of H-pyrrole nitrogens is 1. The Bertz CT molecular complexity index is 1110. The van der Waals surface area contributed by atoms with E-state index in [1.807, 2.05) is 30.3 Å². The predicted octanol–water partition coefficient (Wildman–Crippen LogP) is 3.60. The fourth-order valence-corrected chi connectivity index (χ4v) is 4.35. The number of aromatic nitrogens is 2. The number of carbonyl (C=O) groups excluding carboxylic acids is 1. The van der Waals surface area contributed by atoms with Crippen LogP contribution in [0.2, 0.25) is 0 Å². The maximum atomic E-state index is 12.9. The molecule has 1 aromatic heterocycles. The molecule has 0 bridgehead atoms. The molecule has 5 rings (SSSR count). The zero-order valence-corrected chi connectivity index (χ0v) is 18.4. The second-order valence-corrected chi connectivity index (χ2v) is 8.55. The Kier molecular flexibility index (Phi) is 5.92. The molecule has 0 radical (unpaired) electrons. The van der Waals surface area contributed by atoms with Gasteiger partial charge < -0.3 is 19.9 Å². The van der Waals surface area contributed by atoms with Crippen molar-refractivity contribution in [3.63, 3.8) is 0 Å². The van der Waals surface area contributed by atoms with Gasteiger partial charge in [-0.15, -0.1) is 0 Å². The minimum atomic E-state index is -0.368. The minimum Gasteiger partial charge on any atom is -0.368 e. The molecule has 1 amide bonds. The Labute approximate surface area is 188 Å². The van der Waals surface area contributed by atoms with Crippen LogP contribution < -0.4 is 10.2 Å². The molecule has 2 aliphatic rings. The second-order valence-electron chi connectivity index (χ2n) is 8.55. The highest BCUT2D eigenvalue weighted by Gasteiger charge is 2.26. The number of rotatable bonds is 5. The van der Waals surface area contributed by atoms with Gasteiger partial charge in [0.1, 0.15) is 6.10 Å². The number of benzene rings is 2. The minimum absolute atomic E-state index is 0.0675. The quantitative estimate of drug-likeness (QED) is 0.646. The molecular formula is C25H29N5O2. The first-order valence-corrected chi connectivity index (χ1v) is 11.3. The lowest BCUT2D eigenvalue weighted by Gasteiger charge is -2.35. The summed E-state index contributed by atoms with van der Waals surface area (Å²) in [6.45, 7) is 4.47. The SMILES string of the molecule is CN1CCN(c2cc3[nH]nc(C=Cc4ccccc4)c3cc2NC(=O)C2CCCO2)CC1. The van der Waals surface area contributed by atoms with Crippen molar-refractivity contribution in [2.24, 2.45) is 0 Å². The van der Waals surface area contributed by atoms with Crippen LogP contribution in [0, 0.1) is 0 Å². The molecule has 1 atom stereocenters. The molecule has 2 saturated heterocycles. The van der Waals surface area contributed by atoms with E-state index < -0.39 is 0 Å². The molecule has 7 heteroatoms. The van der Waals surface area contributed by atoms with Crippen LogP contribution in [0.3, 0.4) is 0 Å². The largest absolute Gasteiger partial charge is 0.368 e. The summed E-state index contributed by atoms with van der Waals surface area (Å²) in [5.74, 6) is -0.0675. The van der Waals surface area contributed by atoms with Crippen molar-refractivity contribution < 1.29 is 9.53 Å². The van der Waals surface area contributed by atoms with Gasteiger partial charge in [-0.2, -0.15) is 5.10 Å². The average molecular weight is 432 g/mol. The summed E-state index contributed by atoms with van der Waals surface area (Å²) in [7, 11) is 2.14. The normalized spacial score (nSPS) is 19.8. The zero-order valence-electron chi connectivity index (χ0n) is 18.4. The first-order valence-electron chi connectivity index (χ1n) is 11.3. The molecule has 2 aromatic carbocycles. The second kappa shape index (κ2) is 9.14. The Morgan fingerprint density at radius 2 is 1.97 bits per heavy atom. The number of nitrogens with one attached hydrogen (secondary N) is 2. The number of likely N-dealkylation sites (N-methyl/N-ethyl adjacent to an activating group) is 1. The van der Waals surface area contributed by atoms with E-state index >= 15 is 0 Å². The van der Waals surface area contributed by atoms with Crippen molar-refractivity contribution in [3.8, 4) is 0 Å². The summed E-state index contributed by atoms with van der Waals surface area (Å²) in [5, 5.41) is 11.8. The lowest BCUT2D eigenvalue weighted by molar-refractivity contribution is -0.124. The highest BCUT2D eigenvalue weighted by Crippen LogP contribution is 2.34. The number of anilines is 2. The number of hydrogen-bond acceptors (Lipinski definition) is 5. The Balaban J connectivity index is 1.49. The standard InChI is InChI=1S/C25H29N5O2/c1-29-11-13-30(14-12-29)23-17-21-19(16-22(23)26-25(31)24-8-5-15-32-24)20(27-28-21)10-9-18-6-3-2-4-7-18/h2-4,6-7,9-10,16-17,24H,5,8,11-15H2,1H3,(H,26,31)(H,27,28). The lowest BCUT2D eigenvalue weighted by atomic mass is 10.1. The molecule has 3 heterocycles. The van der Waals surface area contributed by atoms with E-state index in [0.717, 1.165) is 72.6 Å². The van der Waals surface area contributed by atoms with Gasteiger partial charge in [-0.3, -0.25) is 9.89 Å². The Morgan fingerprint density at radius 3 is 2.72 bits per heavy atom. The number of nitrogens with zero attached hydrogens (tertiary/aromatic N) is 3. The molecule has 32 heavy (non-hydrogen) atoms. The van der Waals surface area contributed by atoms with Crippen LogP contribution in [0.1, 0.15) is 24.1 Å². The van der Waals surface area contributed by atoms with E-state index in [1.54, 1.807) is 0 Å². The molecule has 0 aliphatic carbocycles. The first-order chi connectivity index (χ1) is 15.7. The topological polar surface area (TPSA) is 73.5 Å². The Hall–Kier alpha value is -3.16. The van der Waals surface area contributed by atoms with Crippen LogP contribution in [-0.4, -0.2) is 66.9 Å². The van der Waals surface area contributed by atoms with Gasteiger partial charge in [0.2, 0.25) is 0 Å². The van der Waals surface area contributed by atoms with E-state index in [4.69, 9.17) is 4.74 Å². The van der Waals surface area contributed by atoms with Gasteiger partial charge in [0.15, 0.2) is 0 Å². The fourth-order valence-electron chi connectivity index (χ4n) is 4.35. The molecule has 2 N–H and O–H groups in total. The van der Waals surface area contributed by atoms with Crippen LogP contribution in [0.5, 0.6) is 0 Å². The maximum absolute atomic E-state index is 12.9. The average Bonchev–Trinajstić information content (AvgIpc) is 3.49. The maximum Gasteiger partial charge on any atom is 0.253 e. The number of amides is 1. The zero-order chi connectivity index (χ0) is 21.9. The van der Waals surface area contributed by atoms with Crippen LogP contribution in [0.25, 0.3) is 23.1 Å². The van der Waals surface area contributed by atoms with E-state index in [2.05, 4.69) is 56.6 Å². The van der Waals surface area contributed by atoms with E-state index in [9.17, 15) is 4.79 Å². The molecular weight excluding hydrogens is 402 g/mol. The van der Waals surface area contributed by atoms with Crippen molar-refractivity contribution in [3.05, 3.63) is 53.7 Å². The summed E-state index contributed by atoms with van der Waals surface area (Å²) in [6, 6.07) is 14.3. The third-order valence-electron chi connectivity index (χ3n) is 6.27. The van der Waals surface area contributed by atoms with Crippen LogP contribution >= 0.6 is 0 Å². The van der Waals surface area contributed by atoms with E-state index in [-0.39, 0.29) is 12.0 Å². The molecule has 1 unspecified atom stereocenters. The van der Waals surface area contributed by atoms with Crippen LogP contribution in [0.4, 0.5) is 11.4 Å². The van der Waals surface area contributed by atoms with Gasteiger partial charge in [-0.05, 0) is 43.7 Å². The molecule has 7 nitrogen and oxygen atoms in total. The summed E-state index contributed by atoms with van der Waals surface area (Å²) in [6.07, 6.45) is 5.39. The Morgan fingerprint density at radius 1 is 1.16 bits per heavy atom. The lowest BCUT2D eigenvalue weighted by Crippen LogP contribution is -2.44. The van der Waals surface area contributed by atoms with Gasteiger partial charge in [-0.1, -0.05) is 36.4 Å². The summed E-state index contributed by atoms with van der Waals surface area (Å²) in [5.41, 5.74) is 4.77. The molecule has 0 spiro atoms. The van der Waals surface area contributed by atoms with Crippen molar-refractivity contribution in [1.82, 2.24) is 15.1 Å². The number of aromatic amines is 1. The summed E-state index contributed by atoms with van der Waals surface area (Å²) >= 11 is 0. The van der Waals surface area contributed by atoms with Crippen molar-refractivity contribution in [1.29, 1.82) is 0 Å². The molecule has 166 valence electrons. The van der Waals surface area contributed by atoms with Crippen molar-refractivity contribution in [2.75, 3.05) is 50.1 Å². The third-order valence-corrected chi connectivity index (χ3v) is 6.27. The highest BCUT2D eigenvalue weighted by atomic mass is 16.5. The molecule has 2 fully saturated rings. The molecule has 0 saturated carbocycles.